The minimum atomic E-state index is -0.519. The van der Waals surface area contributed by atoms with Crippen LogP contribution in [0.5, 0.6) is 0 Å². The van der Waals surface area contributed by atoms with Gasteiger partial charge in [-0.05, 0) is 18.4 Å². The number of carbonyl (C=O) groups excluding carboxylic acids is 2. The molecule has 0 aromatic heterocycles. The molecule has 1 atom stereocenters. The minimum Gasteiger partial charge on any atom is -0.445 e. The second kappa shape index (κ2) is 5.48. The van der Waals surface area contributed by atoms with Crippen LogP contribution in [0.25, 0.3) is 0 Å². The predicted octanol–water partition coefficient (Wildman–Crippen LogP) is 2.03. The number of benzene rings is 1. The number of alkyl carbamates (subject to hydrolysis) is 1. The second-order valence-electron chi connectivity index (χ2n) is 4.12. The van der Waals surface area contributed by atoms with E-state index in [-0.39, 0.29) is 18.4 Å². The van der Waals surface area contributed by atoms with E-state index in [9.17, 15) is 9.59 Å². The van der Waals surface area contributed by atoms with Crippen molar-refractivity contribution in [1.29, 1.82) is 0 Å². The summed E-state index contributed by atoms with van der Waals surface area (Å²) in [7, 11) is 0. The summed E-state index contributed by atoms with van der Waals surface area (Å²) in [4.78, 5) is 22.7. The maximum absolute atomic E-state index is 11.4. The fourth-order valence-electron chi connectivity index (χ4n) is 1.88. The summed E-state index contributed by atoms with van der Waals surface area (Å²) in [5.41, 5.74) is 0.931. The Bertz CT molecular complexity index is 402. The average Bonchev–Trinajstić information content (AvgIpc) is 2.74. The highest BCUT2D eigenvalue weighted by atomic mass is 16.5. The molecule has 1 fully saturated rings. The summed E-state index contributed by atoms with van der Waals surface area (Å²) >= 11 is 0. The highest BCUT2D eigenvalue weighted by Crippen LogP contribution is 2.14. The van der Waals surface area contributed by atoms with Gasteiger partial charge in [0.05, 0.1) is 6.04 Å². The average molecular weight is 233 g/mol. The Labute approximate surface area is 100.0 Å². The SMILES string of the molecule is O=C(N[C@H]1CCCC1=O)OCc1ccccc1. The second-order valence-corrected chi connectivity index (χ2v) is 4.12. The van der Waals surface area contributed by atoms with Crippen LogP contribution in [0.1, 0.15) is 24.8 Å². The number of hydrogen-bond donors (Lipinski definition) is 1. The lowest BCUT2D eigenvalue weighted by Crippen LogP contribution is -2.37. The smallest absolute Gasteiger partial charge is 0.408 e. The predicted molar refractivity (Wildman–Crippen MR) is 62.4 cm³/mol. The van der Waals surface area contributed by atoms with Gasteiger partial charge in [0, 0.05) is 6.42 Å². The van der Waals surface area contributed by atoms with Crippen LogP contribution in [-0.4, -0.2) is 17.9 Å². The van der Waals surface area contributed by atoms with E-state index in [2.05, 4.69) is 5.32 Å². The molecule has 1 aliphatic carbocycles. The molecule has 0 aliphatic heterocycles. The largest absolute Gasteiger partial charge is 0.445 e. The Balaban J connectivity index is 1.76. The summed E-state index contributed by atoms with van der Waals surface area (Å²) in [5, 5.41) is 2.59. The van der Waals surface area contributed by atoms with E-state index in [0.29, 0.717) is 6.42 Å². The van der Waals surface area contributed by atoms with Crippen LogP contribution in [0.4, 0.5) is 4.79 Å². The number of ketones is 1. The molecule has 1 aliphatic rings. The summed E-state index contributed by atoms with van der Waals surface area (Å²) < 4.78 is 5.04. The van der Waals surface area contributed by atoms with E-state index in [1.807, 2.05) is 30.3 Å². The lowest BCUT2D eigenvalue weighted by Gasteiger charge is -2.11. The Morgan fingerprint density at radius 3 is 2.76 bits per heavy atom. The molecule has 4 nitrogen and oxygen atoms in total. The molecular formula is C13H15NO3. The first-order chi connectivity index (χ1) is 8.25. The van der Waals surface area contributed by atoms with Crippen LogP contribution < -0.4 is 5.32 Å². The van der Waals surface area contributed by atoms with Crippen molar-refractivity contribution >= 4 is 11.9 Å². The van der Waals surface area contributed by atoms with E-state index >= 15 is 0 Å². The fraction of sp³-hybridized carbons (Fsp3) is 0.385. The third-order valence-corrected chi connectivity index (χ3v) is 2.81. The number of ether oxygens (including phenoxy) is 1. The van der Waals surface area contributed by atoms with Gasteiger partial charge in [0.25, 0.3) is 0 Å². The zero-order chi connectivity index (χ0) is 12.1. The number of nitrogens with one attached hydrogen (secondary N) is 1. The number of Topliss-reactive ketones (excluding diaryl/α,β-unsaturated/α-hetero) is 1. The van der Waals surface area contributed by atoms with Crippen molar-refractivity contribution in [1.82, 2.24) is 5.32 Å². The van der Waals surface area contributed by atoms with Crippen molar-refractivity contribution in [3.05, 3.63) is 35.9 Å². The van der Waals surface area contributed by atoms with Gasteiger partial charge in [-0.2, -0.15) is 0 Å². The van der Waals surface area contributed by atoms with Crippen LogP contribution in [0.3, 0.4) is 0 Å². The number of carbonyl (C=O) groups is 2. The highest BCUT2D eigenvalue weighted by Gasteiger charge is 2.26. The third-order valence-electron chi connectivity index (χ3n) is 2.81. The minimum absolute atomic E-state index is 0.0988. The van der Waals surface area contributed by atoms with Crippen molar-refractivity contribution in [2.45, 2.75) is 31.9 Å². The van der Waals surface area contributed by atoms with Crippen LogP contribution in [0.15, 0.2) is 30.3 Å². The quantitative estimate of drug-likeness (QED) is 0.869. The van der Waals surface area contributed by atoms with Crippen molar-refractivity contribution in [2.75, 3.05) is 0 Å². The molecule has 0 radical (unpaired) electrons. The molecule has 0 bridgehead atoms. The molecule has 0 saturated heterocycles. The first-order valence-electron chi connectivity index (χ1n) is 5.75. The van der Waals surface area contributed by atoms with Crippen molar-refractivity contribution < 1.29 is 14.3 Å². The molecule has 1 saturated carbocycles. The molecule has 0 spiro atoms. The molecule has 4 heteroatoms. The Hall–Kier alpha value is -1.84. The van der Waals surface area contributed by atoms with Crippen molar-refractivity contribution in [2.24, 2.45) is 0 Å². The highest BCUT2D eigenvalue weighted by molar-refractivity contribution is 5.88. The normalized spacial score (nSPS) is 19.1. The molecule has 2 rings (SSSR count). The van der Waals surface area contributed by atoms with Gasteiger partial charge in [0.15, 0.2) is 5.78 Å². The van der Waals surface area contributed by atoms with Gasteiger partial charge in [0.2, 0.25) is 0 Å². The molecule has 1 amide bonds. The third kappa shape index (κ3) is 3.31. The Morgan fingerprint density at radius 1 is 1.35 bits per heavy atom. The lowest BCUT2D eigenvalue weighted by molar-refractivity contribution is -0.119. The zero-order valence-electron chi connectivity index (χ0n) is 9.52. The van der Waals surface area contributed by atoms with Crippen LogP contribution >= 0.6 is 0 Å². The van der Waals surface area contributed by atoms with E-state index in [4.69, 9.17) is 4.74 Å². The number of rotatable bonds is 3. The molecule has 90 valence electrons. The van der Waals surface area contributed by atoms with Crippen LogP contribution in [-0.2, 0) is 16.1 Å². The van der Waals surface area contributed by atoms with Gasteiger partial charge in [-0.3, -0.25) is 4.79 Å². The van der Waals surface area contributed by atoms with Crippen molar-refractivity contribution in [3.8, 4) is 0 Å². The van der Waals surface area contributed by atoms with Crippen LogP contribution in [0.2, 0.25) is 0 Å². The van der Waals surface area contributed by atoms with Gasteiger partial charge in [0.1, 0.15) is 6.61 Å². The monoisotopic (exact) mass is 233 g/mol. The molecule has 1 N–H and O–H groups in total. The van der Waals surface area contributed by atoms with E-state index in [1.54, 1.807) is 0 Å². The lowest BCUT2D eigenvalue weighted by atomic mass is 10.2. The van der Waals surface area contributed by atoms with Gasteiger partial charge >= 0.3 is 6.09 Å². The molecule has 0 heterocycles. The summed E-state index contributed by atoms with van der Waals surface area (Å²) in [5.74, 6) is 0.0988. The topological polar surface area (TPSA) is 55.4 Å². The first kappa shape index (κ1) is 11.6. The van der Waals surface area contributed by atoms with Crippen LogP contribution in [0, 0.1) is 0 Å². The summed E-state index contributed by atoms with van der Waals surface area (Å²) in [6.07, 6.45) is 1.61. The first-order valence-corrected chi connectivity index (χ1v) is 5.75. The summed E-state index contributed by atoms with van der Waals surface area (Å²) in [6, 6.07) is 9.09. The standard InChI is InChI=1S/C13H15NO3/c15-12-8-4-7-11(12)14-13(16)17-9-10-5-2-1-3-6-10/h1-3,5-6,11H,4,7-9H2,(H,14,16)/t11-/m0/s1. The fourth-order valence-corrected chi connectivity index (χ4v) is 1.88. The van der Waals surface area contributed by atoms with Gasteiger partial charge in [-0.1, -0.05) is 30.3 Å². The maximum Gasteiger partial charge on any atom is 0.408 e. The number of amides is 1. The zero-order valence-corrected chi connectivity index (χ0v) is 9.52. The van der Waals surface area contributed by atoms with E-state index in [0.717, 1.165) is 18.4 Å². The molecule has 1 aromatic rings. The molecule has 0 unspecified atom stereocenters. The van der Waals surface area contributed by atoms with Gasteiger partial charge in [-0.15, -0.1) is 0 Å². The van der Waals surface area contributed by atoms with E-state index in [1.165, 1.54) is 0 Å². The number of hydrogen-bond acceptors (Lipinski definition) is 3. The van der Waals surface area contributed by atoms with E-state index < -0.39 is 6.09 Å². The van der Waals surface area contributed by atoms with Gasteiger partial charge < -0.3 is 10.1 Å². The Kier molecular flexibility index (Phi) is 3.75. The molecular weight excluding hydrogens is 218 g/mol. The van der Waals surface area contributed by atoms with Crippen molar-refractivity contribution in [3.63, 3.8) is 0 Å². The molecule has 1 aromatic carbocycles. The molecule has 17 heavy (non-hydrogen) atoms. The maximum atomic E-state index is 11.4. The Morgan fingerprint density at radius 2 is 2.12 bits per heavy atom. The summed E-state index contributed by atoms with van der Waals surface area (Å²) in [6.45, 7) is 0.230. The van der Waals surface area contributed by atoms with Gasteiger partial charge in [-0.25, -0.2) is 4.79 Å².